The summed E-state index contributed by atoms with van der Waals surface area (Å²) in [4.78, 5) is 22.9. The lowest BCUT2D eigenvalue weighted by molar-refractivity contribution is -0.178. The lowest BCUT2D eigenvalue weighted by Gasteiger charge is -2.20. The van der Waals surface area contributed by atoms with Gasteiger partial charge in [0, 0.05) is 25.8 Å². The van der Waals surface area contributed by atoms with Crippen LogP contribution in [-0.2, 0) is 25.5 Å². The molecule has 0 saturated heterocycles. The van der Waals surface area contributed by atoms with Crippen molar-refractivity contribution < 1.29 is 19.1 Å². The number of carbonyl (C=O) groups is 2. The Bertz CT molecular complexity index is 746. The zero-order valence-corrected chi connectivity index (χ0v) is 14.7. The van der Waals surface area contributed by atoms with Crippen LogP contribution in [0.1, 0.15) is 30.5 Å². The normalized spacial score (nSPS) is 11.3. The molecule has 25 heavy (non-hydrogen) atoms. The molecule has 0 radical (unpaired) electrons. The molecule has 0 spiro atoms. The Morgan fingerprint density at radius 2 is 1.60 bits per heavy atom. The Morgan fingerprint density at radius 1 is 0.960 bits per heavy atom. The second-order valence-corrected chi connectivity index (χ2v) is 5.85. The molecule has 2 aromatic rings. The van der Waals surface area contributed by atoms with Crippen LogP contribution in [0, 0.1) is 6.92 Å². The standard InChI is InChI=1S/C21H22O4/c1-15-8-7-11-19(12-15)14-20(13-18-9-5-4-6-10-18)21(24-16(2)22)25-17(3)23/h4-12,14,21H,13H2,1-3H3/b20-14+. The van der Waals surface area contributed by atoms with E-state index in [2.05, 4.69) is 0 Å². The molecule has 2 aromatic carbocycles. The van der Waals surface area contributed by atoms with Gasteiger partial charge in [0.2, 0.25) is 0 Å². The third-order valence-corrected chi connectivity index (χ3v) is 3.49. The second kappa shape index (κ2) is 8.83. The van der Waals surface area contributed by atoms with Crippen LogP contribution in [0.25, 0.3) is 6.08 Å². The van der Waals surface area contributed by atoms with Gasteiger partial charge >= 0.3 is 11.9 Å². The molecule has 0 heterocycles. The molecule has 0 bridgehead atoms. The summed E-state index contributed by atoms with van der Waals surface area (Å²) in [6, 6.07) is 17.7. The highest BCUT2D eigenvalue weighted by molar-refractivity contribution is 5.69. The number of rotatable bonds is 6. The van der Waals surface area contributed by atoms with Gasteiger partial charge in [-0.25, -0.2) is 0 Å². The van der Waals surface area contributed by atoms with Crippen molar-refractivity contribution in [1.29, 1.82) is 0 Å². The minimum Gasteiger partial charge on any atom is -0.421 e. The van der Waals surface area contributed by atoms with E-state index in [9.17, 15) is 9.59 Å². The second-order valence-electron chi connectivity index (χ2n) is 5.85. The highest BCUT2D eigenvalue weighted by Gasteiger charge is 2.21. The Balaban J connectivity index is 2.41. The third kappa shape index (κ3) is 6.26. The number of aryl methyl sites for hydroxylation is 1. The summed E-state index contributed by atoms with van der Waals surface area (Å²) in [6.07, 6.45) is 1.35. The predicted octanol–water partition coefficient (Wildman–Crippen LogP) is 4.07. The molecule has 0 fully saturated rings. The minimum atomic E-state index is -1.05. The average molecular weight is 338 g/mol. The van der Waals surface area contributed by atoms with E-state index in [4.69, 9.17) is 9.47 Å². The third-order valence-electron chi connectivity index (χ3n) is 3.49. The number of hydrogen-bond acceptors (Lipinski definition) is 4. The topological polar surface area (TPSA) is 52.6 Å². The van der Waals surface area contributed by atoms with Crippen molar-refractivity contribution in [3.63, 3.8) is 0 Å². The molecular formula is C21H22O4. The molecule has 2 rings (SSSR count). The van der Waals surface area contributed by atoms with Crippen LogP contribution in [0.15, 0.2) is 60.2 Å². The zero-order valence-electron chi connectivity index (χ0n) is 14.7. The van der Waals surface area contributed by atoms with Gasteiger partial charge in [-0.3, -0.25) is 9.59 Å². The first-order valence-electron chi connectivity index (χ1n) is 8.09. The quantitative estimate of drug-likeness (QED) is 0.588. The number of benzene rings is 2. The van der Waals surface area contributed by atoms with Crippen molar-refractivity contribution in [2.45, 2.75) is 33.5 Å². The van der Waals surface area contributed by atoms with E-state index in [0.717, 1.165) is 16.7 Å². The number of ether oxygens (including phenoxy) is 2. The maximum absolute atomic E-state index is 11.5. The summed E-state index contributed by atoms with van der Waals surface area (Å²) in [5.74, 6) is -1.01. The van der Waals surface area contributed by atoms with Gasteiger partial charge in [-0.2, -0.15) is 0 Å². The lowest BCUT2D eigenvalue weighted by Crippen LogP contribution is -2.25. The van der Waals surface area contributed by atoms with Gasteiger partial charge in [-0.05, 0) is 24.1 Å². The summed E-state index contributed by atoms with van der Waals surface area (Å²) >= 11 is 0. The molecule has 4 heteroatoms. The van der Waals surface area contributed by atoms with Crippen molar-refractivity contribution >= 4 is 18.0 Å². The molecule has 0 aliphatic rings. The van der Waals surface area contributed by atoms with Gasteiger partial charge in [0.1, 0.15) is 0 Å². The van der Waals surface area contributed by atoms with Crippen LogP contribution >= 0.6 is 0 Å². The highest BCUT2D eigenvalue weighted by Crippen LogP contribution is 2.20. The maximum Gasteiger partial charge on any atom is 0.305 e. The highest BCUT2D eigenvalue weighted by atomic mass is 16.7. The zero-order chi connectivity index (χ0) is 18.2. The summed E-state index contributed by atoms with van der Waals surface area (Å²) in [6.45, 7) is 4.59. The lowest BCUT2D eigenvalue weighted by atomic mass is 10.0. The Hall–Kier alpha value is -2.88. The molecule has 0 aliphatic heterocycles. The summed E-state index contributed by atoms with van der Waals surface area (Å²) in [7, 11) is 0. The Labute approximate surface area is 148 Å². The van der Waals surface area contributed by atoms with Crippen molar-refractivity contribution in [2.75, 3.05) is 0 Å². The molecule has 0 atom stereocenters. The fourth-order valence-corrected chi connectivity index (χ4v) is 2.48. The van der Waals surface area contributed by atoms with Crippen molar-refractivity contribution in [2.24, 2.45) is 0 Å². The first kappa shape index (κ1) is 18.5. The van der Waals surface area contributed by atoms with E-state index >= 15 is 0 Å². The van der Waals surface area contributed by atoms with E-state index in [1.807, 2.05) is 67.6 Å². The monoisotopic (exact) mass is 338 g/mol. The minimum absolute atomic E-state index is 0.500. The van der Waals surface area contributed by atoms with Crippen molar-refractivity contribution in [1.82, 2.24) is 0 Å². The van der Waals surface area contributed by atoms with E-state index in [1.54, 1.807) is 0 Å². The van der Waals surface area contributed by atoms with E-state index in [-0.39, 0.29) is 0 Å². The van der Waals surface area contributed by atoms with E-state index < -0.39 is 18.2 Å². The van der Waals surface area contributed by atoms with Gasteiger partial charge in [-0.1, -0.05) is 60.2 Å². The molecule has 4 nitrogen and oxygen atoms in total. The largest absolute Gasteiger partial charge is 0.421 e. The number of carbonyl (C=O) groups excluding carboxylic acids is 2. The van der Waals surface area contributed by atoms with Crippen LogP contribution in [0.2, 0.25) is 0 Å². The summed E-state index contributed by atoms with van der Waals surface area (Å²) in [5, 5.41) is 0. The van der Waals surface area contributed by atoms with Crippen LogP contribution in [0.3, 0.4) is 0 Å². The fourth-order valence-electron chi connectivity index (χ4n) is 2.48. The van der Waals surface area contributed by atoms with Gasteiger partial charge in [0.15, 0.2) is 0 Å². The van der Waals surface area contributed by atoms with E-state index in [0.29, 0.717) is 12.0 Å². The van der Waals surface area contributed by atoms with Gasteiger partial charge in [0.25, 0.3) is 6.29 Å². The molecule has 0 amide bonds. The molecule has 130 valence electrons. The first-order chi connectivity index (χ1) is 11.9. The molecule has 0 saturated carbocycles. The molecule has 0 unspecified atom stereocenters. The van der Waals surface area contributed by atoms with Crippen LogP contribution in [0.4, 0.5) is 0 Å². The van der Waals surface area contributed by atoms with Crippen molar-refractivity contribution in [3.05, 3.63) is 76.9 Å². The smallest absolute Gasteiger partial charge is 0.305 e. The SMILES string of the molecule is CC(=O)OC(OC(C)=O)/C(=C/c1cccc(C)c1)Cc1ccccc1. The predicted molar refractivity (Wildman–Crippen MR) is 96.6 cm³/mol. The summed E-state index contributed by atoms with van der Waals surface area (Å²) in [5.41, 5.74) is 3.80. The number of hydrogen-bond donors (Lipinski definition) is 0. The van der Waals surface area contributed by atoms with Gasteiger partial charge in [0.05, 0.1) is 0 Å². The molecule has 0 N–H and O–H groups in total. The molecule has 0 aromatic heterocycles. The van der Waals surface area contributed by atoms with Crippen LogP contribution in [-0.4, -0.2) is 18.2 Å². The summed E-state index contributed by atoms with van der Waals surface area (Å²) < 4.78 is 10.5. The average Bonchev–Trinajstić information content (AvgIpc) is 2.54. The van der Waals surface area contributed by atoms with Crippen LogP contribution in [0.5, 0.6) is 0 Å². The van der Waals surface area contributed by atoms with Gasteiger partial charge < -0.3 is 9.47 Å². The molecular weight excluding hydrogens is 316 g/mol. The van der Waals surface area contributed by atoms with Gasteiger partial charge in [-0.15, -0.1) is 0 Å². The first-order valence-corrected chi connectivity index (χ1v) is 8.09. The van der Waals surface area contributed by atoms with E-state index in [1.165, 1.54) is 13.8 Å². The van der Waals surface area contributed by atoms with Crippen molar-refractivity contribution in [3.8, 4) is 0 Å². The fraction of sp³-hybridized carbons (Fsp3) is 0.238. The van der Waals surface area contributed by atoms with Crippen LogP contribution < -0.4 is 0 Å². The number of esters is 2. The molecule has 0 aliphatic carbocycles. The maximum atomic E-state index is 11.5. The Kier molecular flexibility index (Phi) is 6.52. The Morgan fingerprint density at radius 3 is 2.16 bits per heavy atom.